The molecule has 1 amide bonds. The van der Waals surface area contributed by atoms with Crippen molar-refractivity contribution in [3.05, 3.63) is 0 Å². The van der Waals surface area contributed by atoms with Gasteiger partial charge in [0.1, 0.15) is 6.10 Å². The second-order valence-electron chi connectivity index (χ2n) is 4.64. The molecule has 3 nitrogen and oxygen atoms in total. The van der Waals surface area contributed by atoms with Crippen LogP contribution in [0.5, 0.6) is 0 Å². The van der Waals surface area contributed by atoms with Crippen molar-refractivity contribution in [2.24, 2.45) is 5.92 Å². The molecule has 0 aromatic rings. The lowest BCUT2D eigenvalue weighted by molar-refractivity contribution is -0.134. The van der Waals surface area contributed by atoms with Gasteiger partial charge >= 0.3 is 0 Å². The van der Waals surface area contributed by atoms with Gasteiger partial charge in [0.2, 0.25) is 5.91 Å². The number of carbonyl (C=O) groups excluding carboxylic acids is 1. The van der Waals surface area contributed by atoms with Crippen LogP contribution in [0.3, 0.4) is 0 Å². The van der Waals surface area contributed by atoms with Crippen molar-refractivity contribution >= 4 is 5.91 Å². The minimum Gasteiger partial charge on any atom is -0.369 e. The molecule has 1 saturated carbocycles. The molecule has 15 heavy (non-hydrogen) atoms. The predicted octanol–water partition coefficient (Wildman–Crippen LogP) is 2.11. The molecule has 1 N–H and O–H groups in total. The van der Waals surface area contributed by atoms with Crippen molar-refractivity contribution in [1.82, 2.24) is 5.32 Å². The summed E-state index contributed by atoms with van der Waals surface area (Å²) in [6.07, 6.45) is 4.50. The molecule has 0 bridgehead atoms. The molecule has 0 radical (unpaired) electrons. The van der Waals surface area contributed by atoms with E-state index in [2.05, 4.69) is 5.32 Å². The quantitative estimate of drug-likeness (QED) is 0.734. The molecule has 1 fully saturated rings. The number of hydrogen-bond acceptors (Lipinski definition) is 2. The lowest BCUT2D eigenvalue weighted by Gasteiger charge is -2.29. The number of rotatable bonds is 6. The first-order valence-electron chi connectivity index (χ1n) is 6.05. The zero-order chi connectivity index (χ0) is 11.3. The monoisotopic (exact) mass is 213 g/mol. The van der Waals surface area contributed by atoms with Crippen LogP contribution in [-0.4, -0.2) is 24.7 Å². The first kappa shape index (κ1) is 12.5. The Bertz CT molecular complexity index is 200. The Morgan fingerprint density at radius 3 is 2.53 bits per heavy atom. The molecule has 3 heteroatoms. The van der Waals surface area contributed by atoms with Crippen molar-refractivity contribution in [3.8, 4) is 0 Å². The van der Waals surface area contributed by atoms with E-state index >= 15 is 0 Å². The van der Waals surface area contributed by atoms with Gasteiger partial charge in [-0.1, -0.05) is 19.3 Å². The maximum Gasteiger partial charge on any atom is 0.249 e. The third kappa shape index (κ3) is 4.20. The Kier molecular flexibility index (Phi) is 5.09. The van der Waals surface area contributed by atoms with E-state index < -0.39 is 0 Å². The summed E-state index contributed by atoms with van der Waals surface area (Å²) in [5, 5.41) is 2.92. The summed E-state index contributed by atoms with van der Waals surface area (Å²) in [7, 11) is 0. The van der Waals surface area contributed by atoms with Gasteiger partial charge in [0, 0.05) is 12.6 Å². The lowest BCUT2D eigenvalue weighted by atomic mass is 9.81. The van der Waals surface area contributed by atoms with Gasteiger partial charge in [-0.3, -0.25) is 4.79 Å². The van der Waals surface area contributed by atoms with E-state index in [0.29, 0.717) is 12.5 Å². The highest BCUT2D eigenvalue weighted by Crippen LogP contribution is 2.31. The van der Waals surface area contributed by atoms with Gasteiger partial charge in [-0.25, -0.2) is 0 Å². The van der Waals surface area contributed by atoms with Crippen LogP contribution in [0, 0.1) is 5.92 Å². The van der Waals surface area contributed by atoms with Gasteiger partial charge in [0.25, 0.3) is 0 Å². The van der Waals surface area contributed by atoms with E-state index in [-0.39, 0.29) is 18.1 Å². The summed E-state index contributed by atoms with van der Waals surface area (Å²) in [4.78, 5) is 11.8. The Hall–Kier alpha value is -0.570. The molecule has 1 aliphatic rings. The molecular weight excluding hydrogens is 190 g/mol. The molecule has 0 aromatic heterocycles. The number of carbonyl (C=O) groups is 1. The van der Waals surface area contributed by atoms with Gasteiger partial charge in [0.15, 0.2) is 0 Å². The molecule has 88 valence electrons. The van der Waals surface area contributed by atoms with Crippen LogP contribution in [-0.2, 0) is 9.53 Å². The second kappa shape index (κ2) is 6.11. The van der Waals surface area contributed by atoms with Gasteiger partial charge in [-0.2, -0.15) is 0 Å². The number of amides is 1. The van der Waals surface area contributed by atoms with Crippen molar-refractivity contribution < 1.29 is 9.53 Å². The first-order valence-corrected chi connectivity index (χ1v) is 6.05. The van der Waals surface area contributed by atoms with Crippen LogP contribution < -0.4 is 5.32 Å². The van der Waals surface area contributed by atoms with Crippen LogP contribution in [0.15, 0.2) is 0 Å². The first-order chi connectivity index (χ1) is 7.13. The van der Waals surface area contributed by atoms with Crippen molar-refractivity contribution in [2.45, 2.75) is 58.6 Å². The molecule has 1 aliphatic carbocycles. The zero-order valence-corrected chi connectivity index (χ0v) is 10.1. The smallest absolute Gasteiger partial charge is 0.249 e. The van der Waals surface area contributed by atoms with E-state index in [0.717, 1.165) is 6.42 Å². The highest BCUT2D eigenvalue weighted by atomic mass is 16.5. The SMILES string of the molecule is CCOC(CC1CCC1)C(=O)NC(C)C. The van der Waals surface area contributed by atoms with Gasteiger partial charge in [-0.05, 0) is 33.1 Å². The van der Waals surface area contributed by atoms with E-state index in [4.69, 9.17) is 4.74 Å². The third-order valence-corrected chi connectivity index (χ3v) is 2.86. The number of ether oxygens (including phenoxy) is 1. The van der Waals surface area contributed by atoms with Crippen LogP contribution in [0.25, 0.3) is 0 Å². The maximum atomic E-state index is 11.8. The molecule has 1 unspecified atom stereocenters. The van der Waals surface area contributed by atoms with Crippen molar-refractivity contribution in [3.63, 3.8) is 0 Å². The highest BCUT2D eigenvalue weighted by Gasteiger charge is 2.27. The second-order valence-corrected chi connectivity index (χ2v) is 4.64. The van der Waals surface area contributed by atoms with Gasteiger partial charge in [0.05, 0.1) is 0 Å². The topological polar surface area (TPSA) is 38.3 Å². The average molecular weight is 213 g/mol. The predicted molar refractivity (Wildman–Crippen MR) is 60.7 cm³/mol. The molecule has 0 heterocycles. The Morgan fingerprint density at radius 1 is 1.47 bits per heavy atom. The third-order valence-electron chi connectivity index (χ3n) is 2.86. The van der Waals surface area contributed by atoms with Crippen molar-refractivity contribution in [1.29, 1.82) is 0 Å². The average Bonchev–Trinajstić information content (AvgIpc) is 2.07. The maximum absolute atomic E-state index is 11.8. The lowest BCUT2D eigenvalue weighted by Crippen LogP contribution is -2.41. The van der Waals surface area contributed by atoms with E-state index in [1.807, 2.05) is 20.8 Å². The summed E-state index contributed by atoms with van der Waals surface area (Å²) < 4.78 is 5.50. The number of nitrogens with one attached hydrogen (secondary N) is 1. The van der Waals surface area contributed by atoms with E-state index in [1.54, 1.807) is 0 Å². The zero-order valence-electron chi connectivity index (χ0n) is 10.1. The summed E-state index contributed by atoms with van der Waals surface area (Å²) in [6.45, 7) is 6.51. The molecule has 0 saturated heterocycles. The van der Waals surface area contributed by atoms with E-state index in [1.165, 1.54) is 19.3 Å². The Balaban J connectivity index is 2.36. The van der Waals surface area contributed by atoms with Crippen LogP contribution >= 0.6 is 0 Å². The fourth-order valence-corrected chi connectivity index (χ4v) is 1.86. The Morgan fingerprint density at radius 2 is 2.13 bits per heavy atom. The molecule has 1 rings (SSSR count). The molecule has 0 spiro atoms. The van der Waals surface area contributed by atoms with Crippen molar-refractivity contribution in [2.75, 3.05) is 6.61 Å². The minimum absolute atomic E-state index is 0.0544. The molecule has 0 aliphatic heterocycles. The van der Waals surface area contributed by atoms with E-state index in [9.17, 15) is 4.79 Å². The van der Waals surface area contributed by atoms with Crippen LogP contribution in [0.4, 0.5) is 0 Å². The van der Waals surface area contributed by atoms with Gasteiger partial charge in [-0.15, -0.1) is 0 Å². The van der Waals surface area contributed by atoms with Crippen LogP contribution in [0.2, 0.25) is 0 Å². The number of hydrogen-bond donors (Lipinski definition) is 1. The fourth-order valence-electron chi connectivity index (χ4n) is 1.86. The molecular formula is C12H23NO2. The molecule has 1 atom stereocenters. The summed E-state index contributed by atoms with van der Waals surface area (Å²) in [5.41, 5.74) is 0. The summed E-state index contributed by atoms with van der Waals surface area (Å²) in [5.74, 6) is 0.762. The molecule has 0 aromatic carbocycles. The Labute approximate surface area is 92.6 Å². The highest BCUT2D eigenvalue weighted by molar-refractivity contribution is 5.81. The largest absolute Gasteiger partial charge is 0.369 e. The fraction of sp³-hybridized carbons (Fsp3) is 0.917. The van der Waals surface area contributed by atoms with Crippen LogP contribution in [0.1, 0.15) is 46.5 Å². The standard InChI is InChI=1S/C12H23NO2/c1-4-15-11(8-10-6-5-7-10)12(14)13-9(2)3/h9-11H,4-8H2,1-3H3,(H,13,14). The summed E-state index contributed by atoms with van der Waals surface area (Å²) >= 11 is 0. The van der Waals surface area contributed by atoms with Gasteiger partial charge < -0.3 is 10.1 Å². The summed E-state index contributed by atoms with van der Waals surface area (Å²) in [6, 6.07) is 0.196. The normalized spacial score (nSPS) is 18.7. The minimum atomic E-state index is -0.234.